The molecule has 3 aromatic heterocycles. The molecule has 5 nitrogen and oxygen atoms in total. The van der Waals surface area contributed by atoms with Gasteiger partial charge in [-0.05, 0) is 55.5 Å². The van der Waals surface area contributed by atoms with Gasteiger partial charge >= 0.3 is 0 Å². The molecule has 3 aromatic rings. The lowest BCUT2D eigenvalue weighted by atomic mass is 10.1. The topological polar surface area (TPSA) is 58.1 Å². The molecule has 1 atom stereocenters. The maximum atomic E-state index is 12.6. The first-order valence-corrected chi connectivity index (χ1v) is 9.67. The van der Waals surface area contributed by atoms with Crippen molar-refractivity contribution in [2.24, 2.45) is 0 Å². The number of thiophene rings is 1. The molecule has 0 fully saturated rings. The third kappa shape index (κ3) is 4.12. The summed E-state index contributed by atoms with van der Waals surface area (Å²) in [6.45, 7) is 2.42. The Morgan fingerprint density at radius 2 is 2.16 bits per heavy atom. The molecular formula is C18H20N4OS2. The molecule has 25 heavy (non-hydrogen) atoms. The molecule has 0 aliphatic heterocycles. The number of carbonyl (C=O) groups is 1. The molecule has 0 aliphatic rings. The number of nitrogens with zero attached hydrogens (tertiary/aromatic N) is 3. The summed E-state index contributed by atoms with van der Waals surface area (Å²) in [5.74, 6) is -0.0840. The van der Waals surface area contributed by atoms with Crippen molar-refractivity contribution in [3.63, 3.8) is 0 Å². The monoisotopic (exact) mass is 372 g/mol. The third-order valence-electron chi connectivity index (χ3n) is 3.89. The lowest BCUT2D eigenvalue weighted by Crippen LogP contribution is -2.34. The zero-order valence-electron chi connectivity index (χ0n) is 14.4. The molecule has 7 heteroatoms. The van der Waals surface area contributed by atoms with Crippen LogP contribution in [0, 0.1) is 6.92 Å². The number of aromatic nitrogens is 2. The second kappa shape index (κ2) is 7.86. The predicted molar refractivity (Wildman–Crippen MR) is 103 cm³/mol. The van der Waals surface area contributed by atoms with E-state index < -0.39 is 0 Å². The van der Waals surface area contributed by atoms with Crippen LogP contribution in [0.1, 0.15) is 27.0 Å². The SMILES string of the molecule is Cc1nc(-c2ccccn2)sc1C(=O)NC[C@@H](c1ccsc1)N(C)C. The second-order valence-corrected chi connectivity index (χ2v) is 7.67. The molecule has 1 N–H and O–H groups in total. The number of nitrogens with one attached hydrogen (secondary N) is 1. The van der Waals surface area contributed by atoms with Crippen molar-refractivity contribution in [2.75, 3.05) is 20.6 Å². The van der Waals surface area contributed by atoms with E-state index in [1.807, 2.05) is 39.2 Å². The Hall–Kier alpha value is -2.09. The molecule has 0 saturated heterocycles. The van der Waals surface area contributed by atoms with Gasteiger partial charge in [-0.2, -0.15) is 11.3 Å². The lowest BCUT2D eigenvalue weighted by Gasteiger charge is -2.23. The zero-order chi connectivity index (χ0) is 17.8. The van der Waals surface area contributed by atoms with Gasteiger partial charge in [0.15, 0.2) is 0 Å². The van der Waals surface area contributed by atoms with E-state index in [2.05, 4.69) is 37.0 Å². The van der Waals surface area contributed by atoms with Crippen molar-refractivity contribution in [2.45, 2.75) is 13.0 Å². The Morgan fingerprint density at radius 3 is 2.80 bits per heavy atom. The lowest BCUT2D eigenvalue weighted by molar-refractivity contribution is 0.0945. The number of amides is 1. The van der Waals surface area contributed by atoms with E-state index in [0.717, 1.165) is 16.4 Å². The molecule has 3 rings (SSSR count). The minimum atomic E-state index is -0.0840. The molecule has 0 radical (unpaired) electrons. The van der Waals surface area contributed by atoms with E-state index in [-0.39, 0.29) is 11.9 Å². The minimum absolute atomic E-state index is 0.0840. The molecule has 1 amide bonds. The fourth-order valence-electron chi connectivity index (χ4n) is 2.54. The van der Waals surface area contributed by atoms with Crippen molar-refractivity contribution in [3.8, 4) is 10.7 Å². The number of hydrogen-bond acceptors (Lipinski definition) is 6. The van der Waals surface area contributed by atoms with Gasteiger partial charge in [0.2, 0.25) is 0 Å². The minimum Gasteiger partial charge on any atom is -0.349 e. The van der Waals surface area contributed by atoms with Crippen LogP contribution in [-0.2, 0) is 0 Å². The Kier molecular flexibility index (Phi) is 5.57. The number of aryl methyl sites for hydroxylation is 1. The van der Waals surface area contributed by atoms with Crippen molar-refractivity contribution in [1.29, 1.82) is 0 Å². The van der Waals surface area contributed by atoms with Crippen LogP contribution in [0.3, 0.4) is 0 Å². The number of hydrogen-bond donors (Lipinski definition) is 1. The summed E-state index contributed by atoms with van der Waals surface area (Å²) in [6.07, 6.45) is 1.73. The van der Waals surface area contributed by atoms with Crippen LogP contribution in [0.2, 0.25) is 0 Å². The van der Waals surface area contributed by atoms with E-state index in [1.165, 1.54) is 16.9 Å². The number of rotatable bonds is 6. The van der Waals surface area contributed by atoms with Gasteiger partial charge in [0.1, 0.15) is 9.88 Å². The maximum Gasteiger partial charge on any atom is 0.263 e. The Balaban J connectivity index is 1.72. The van der Waals surface area contributed by atoms with Crippen molar-refractivity contribution >= 4 is 28.6 Å². The molecule has 0 saturated carbocycles. The summed E-state index contributed by atoms with van der Waals surface area (Å²) in [4.78, 5) is 24.2. The molecule has 0 bridgehead atoms. The van der Waals surface area contributed by atoms with Gasteiger partial charge in [0, 0.05) is 12.7 Å². The highest BCUT2D eigenvalue weighted by Gasteiger charge is 2.20. The third-order valence-corrected chi connectivity index (χ3v) is 5.77. The van der Waals surface area contributed by atoms with Crippen LogP contribution in [0.25, 0.3) is 10.7 Å². The molecule has 130 valence electrons. The number of pyridine rings is 1. The molecule has 0 unspecified atom stereocenters. The molecule has 0 spiro atoms. The first-order chi connectivity index (χ1) is 12.1. The average molecular weight is 373 g/mol. The number of thiazole rings is 1. The van der Waals surface area contributed by atoms with Gasteiger partial charge in [-0.25, -0.2) is 4.98 Å². The van der Waals surface area contributed by atoms with Crippen LogP contribution in [0.5, 0.6) is 0 Å². The van der Waals surface area contributed by atoms with Gasteiger partial charge in [0.05, 0.1) is 17.4 Å². The van der Waals surface area contributed by atoms with E-state index in [0.29, 0.717) is 11.4 Å². The highest BCUT2D eigenvalue weighted by atomic mass is 32.1. The summed E-state index contributed by atoms with van der Waals surface area (Å²) >= 11 is 3.05. The van der Waals surface area contributed by atoms with Gasteiger partial charge in [-0.3, -0.25) is 9.78 Å². The highest BCUT2D eigenvalue weighted by molar-refractivity contribution is 7.17. The fraction of sp³-hybridized carbons (Fsp3) is 0.278. The van der Waals surface area contributed by atoms with Crippen LogP contribution < -0.4 is 5.32 Å². The summed E-state index contributed by atoms with van der Waals surface area (Å²) < 4.78 is 0. The molecule has 0 aliphatic carbocycles. The van der Waals surface area contributed by atoms with Crippen molar-refractivity contribution in [1.82, 2.24) is 20.2 Å². The van der Waals surface area contributed by atoms with Crippen LogP contribution in [0.15, 0.2) is 41.2 Å². The highest BCUT2D eigenvalue weighted by Crippen LogP contribution is 2.26. The normalized spacial score (nSPS) is 12.3. The van der Waals surface area contributed by atoms with Crippen LogP contribution in [-0.4, -0.2) is 41.4 Å². The summed E-state index contributed by atoms with van der Waals surface area (Å²) in [6, 6.07) is 7.93. The summed E-state index contributed by atoms with van der Waals surface area (Å²) in [5, 5.41) is 7.99. The molecule has 0 aromatic carbocycles. The van der Waals surface area contributed by atoms with Crippen LogP contribution in [0.4, 0.5) is 0 Å². The van der Waals surface area contributed by atoms with E-state index >= 15 is 0 Å². The van der Waals surface area contributed by atoms with Gasteiger partial charge in [0.25, 0.3) is 5.91 Å². The predicted octanol–water partition coefficient (Wildman–Crippen LogP) is 3.61. The van der Waals surface area contributed by atoms with E-state index in [9.17, 15) is 4.79 Å². The second-order valence-electron chi connectivity index (χ2n) is 5.89. The summed E-state index contributed by atoms with van der Waals surface area (Å²) in [5.41, 5.74) is 2.74. The van der Waals surface area contributed by atoms with Crippen molar-refractivity contribution < 1.29 is 4.79 Å². The Morgan fingerprint density at radius 1 is 1.32 bits per heavy atom. The molecule has 3 heterocycles. The Labute approximate surface area is 155 Å². The fourth-order valence-corrected chi connectivity index (χ4v) is 4.21. The first kappa shape index (κ1) is 17.7. The standard InChI is InChI=1S/C18H20N4OS2/c1-12-16(25-18(21-12)14-6-4-5-8-19-14)17(23)20-10-15(22(2)3)13-7-9-24-11-13/h4-9,11,15H,10H2,1-3H3,(H,20,23)/t15-/m0/s1. The van der Waals surface area contributed by atoms with Crippen molar-refractivity contribution in [3.05, 3.63) is 57.4 Å². The molecular weight excluding hydrogens is 352 g/mol. The van der Waals surface area contributed by atoms with E-state index in [4.69, 9.17) is 0 Å². The van der Waals surface area contributed by atoms with Gasteiger partial charge in [-0.1, -0.05) is 6.07 Å². The largest absolute Gasteiger partial charge is 0.349 e. The number of carbonyl (C=O) groups excluding carboxylic acids is 1. The quantitative estimate of drug-likeness (QED) is 0.718. The maximum absolute atomic E-state index is 12.6. The zero-order valence-corrected chi connectivity index (χ0v) is 16.0. The van der Waals surface area contributed by atoms with Gasteiger partial charge in [-0.15, -0.1) is 11.3 Å². The smallest absolute Gasteiger partial charge is 0.263 e. The number of likely N-dealkylation sites (N-methyl/N-ethyl adjacent to an activating group) is 1. The van der Waals surface area contributed by atoms with Crippen LogP contribution >= 0.6 is 22.7 Å². The average Bonchev–Trinajstić information content (AvgIpc) is 3.25. The van der Waals surface area contributed by atoms with Gasteiger partial charge < -0.3 is 10.2 Å². The summed E-state index contributed by atoms with van der Waals surface area (Å²) in [7, 11) is 4.04. The first-order valence-electron chi connectivity index (χ1n) is 7.92. The Bertz CT molecular complexity index is 828. The van der Waals surface area contributed by atoms with E-state index in [1.54, 1.807) is 17.5 Å².